The lowest BCUT2D eigenvalue weighted by Gasteiger charge is -2.13. The first-order valence-corrected chi connectivity index (χ1v) is 4.76. The number of nitrogens with zero attached hydrogens (tertiary/aromatic N) is 1. The quantitative estimate of drug-likeness (QED) is 0.593. The Balaban J connectivity index is 1.72. The van der Waals surface area contributed by atoms with Crippen molar-refractivity contribution < 1.29 is 0 Å². The molecular weight excluding hydrogens is 142 g/mol. The van der Waals surface area contributed by atoms with Crippen LogP contribution in [0, 0.1) is 5.92 Å². The largest absolute Gasteiger partial charge is 0.302 e. The van der Waals surface area contributed by atoms with Gasteiger partial charge in [0.15, 0.2) is 0 Å². The number of hydrogen-bond acceptors (Lipinski definition) is 2. The van der Waals surface area contributed by atoms with Crippen LogP contribution in [0.25, 0.3) is 0 Å². The summed E-state index contributed by atoms with van der Waals surface area (Å²) in [5.74, 6) is 1.05. The molecule has 1 heterocycles. The molecule has 1 saturated carbocycles. The Morgan fingerprint density at radius 1 is 1.30 bits per heavy atom. The van der Waals surface area contributed by atoms with Gasteiger partial charge in [-0.25, -0.2) is 0 Å². The number of rotatable bonds is 2. The molecular formula is C8H15NS. The molecule has 2 fully saturated rings. The third-order valence-electron chi connectivity index (χ3n) is 2.46. The fourth-order valence-electron chi connectivity index (χ4n) is 1.64. The van der Waals surface area contributed by atoms with Crippen LogP contribution >= 0.6 is 12.6 Å². The van der Waals surface area contributed by atoms with E-state index in [-0.39, 0.29) is 0 Å². The van der Waals surface area contributed by atoms with Crippen LogP contribution in [0.15, 0.2) is 0 Å². The maximum atomic E-state index is 4.45. The zero-order valence-corrected chi connectivity index (χ0v) is 7.19. The fourth-order valence-corrected chi connectivity index (χ4v) is 1.99. The van der Waals surface area contributed by atoms with Crippen molar-refractivity contribution in [3.05, 3.63) is 0 Å². The van der Waals surface area contributed by atoms with Crippen molar-refractivity contribution in [1.29, 1.82) is 0 Å². The van der Waals surface area contributed by atoms with Gasteiger partial charge in [0.05, 0.1) is 0 Å². The first-order valence-electron chi connectivity index (χ1n) is 4.25. The minimum Gasteiger partial charge on any atom is -0.302 e. The molecule has 1 aliphatic carbocycles. The Bertz CT molecular complexity index is 122. The highest BCUT2D eigenvalue weighted by Crippen LogP contribution is 2.31. The van der Waals surface area contributed by atoms with Crippen molar-refractivity contribution in [3.63, 3.8) is 0 Å². The lowest BCUT2D eigenvalue weighted by Crippen LogP contribution is -2.23. The van der Waals surface area contributed by atoms with Crippen LogP contribution in [0.4, 0.5) is 0 Å². The van der Waals surface area contributed by atoms with E-state index in [2.05, 4.69) is 17.5 Å². The number of likely N-dealkylation sites (tertiary alicyclic amines) is 1. The topological polar surface area (TPSA) is 3.24 Å². The average molecular weight is 157 g/mol. The third kappa shape index (κ3) is 1.67. The molecule has 0 unspecified atom stereocenters. The number of hydrogen-bond donors (Lipinski definition) is 1. The zero-order valence-electron chi connectivity index (χ0n) is 6.29. The van der Waals surface area contributed by atoms with Gasteiger partial charge in [-0.1, -0.05) is 0 Å². The van der Waals surface area contributed by atoms with E-state index in [0.29, 0.717) is 5.25 Å². The van der Waals surface area contributed by atoms with Gasteiger partial charge in [-0.05, 0) is 31.7 Å². The van der Waals surface area contributed by atoms with Gasteiger partial charge in [-0.15, -0.1) is 0 Å². The molecule has 0 N–H and O–H groups in total. The Hall–Kier alpha value is 0.310. The van der Waals surface area contributed by atoms with Gasteiger partial charge in [0.25, 0.3) is 0 Å². The standard InChI is InChI=1S/C8H15NS/c10-8-3-4-9(6-8)5-7-1-2-7/h7-8,10H,1-6H2/t8-/m0/s1. The summed E-state index contributed by atoms with van der Waals surface area (Å²) < 4.78 is 0. The van der Waals surface area contributed by atoms with Crippen molar-refractivity contribution in [2.45, 2.75) is 24.5 Å². The molecule has 1 aliphatic heterocycles. The van der Waals surface area contributed by atoms with Crippen LogP contribution in [0.3, 0.4) is 0 Å². The molecule has 0 radical (unpaired) electrons. The van der Waals surface area contributed by atoms with Gasteiger partial charge in [-0.3, -0.25) is 0 Å². The van der Waals surface area contributed by atoms with E-state index in [1.807, 2.05) is 0 Å². The summed E-state index contributed by atoms with van der Waals surface area (Å²) in [5, 5.41) is 0.666. The van der Waals surface area contributed by atoms with E-state index in [1.54, 1.807) is 0 Å². The predicted octanol–water partition coefficient (Wildman–Crippen LogP) is 1.40. The highest BCUT2D eigenvalue weighted by Gasteiger charge is 2.27. The van der Waals surface area contributed by atoms with Crippen LogP contribution in [0.2, 0.25) is 0 Å². The monoisotopic (exact) mass is 157 g/mol. The average Bonchev–Trinajstić information content (AvgIpc) is 2.59. The summed E-state index contributed by atoms with van der Waals surface area (Å²) in [4.78, 5) is 2.56. The highest BCUT2D eigenvalue weighted by atomic mass is 32.1. The highest BCUT2D eigenvalue weighted by molar-refractivity contribution is 7.81. The van der Waals surface area contributed by atoms with Crippen molar-refractivity contribution in [1.82, 2.24) is 4.90 Å². The first-order chi connectivity index (χ1) is 4.84. The maximum absolute atomic E-state index is 4.45. The second kappa shape index (κ2) is 2.74. The Morgan fingerprint density at radius 2 is 2.10 bits per heavy atom. The Kier molecular flexibility index (Phi) is 1.92. The van der Waals surface area contributed by atoms with Crippen LogP contribution in [-0.4, -0.2) is 29.8 Å². The molecule has 0 aromatic carbocycles. The SMILES string of the molecule is S[C@H]1CCN(CC2CC2)C1. The van der Waals surface area contributed by atoms with Crippen molar-refractivity contribution >= 4 is 12.6 Å². The summed E-state index contributed by atoms with van der Waals surface area (Å²) in [5.41, 5.74) is 0. The second-order valence-corrected chi connectivity index (χ2v) is 4.38. The van der Waals surface area contributed by atoms with E-state index in [1.165, 1.54) is 38.9 Å². The lowest BCUT2D eigenvalue weighted by atomic mass is 10.4. The van der Waals surface area contributed by atoms with Gasteiger partial charge in [0.2, 0.25) is 0 Å². The van der Waals surface area contributed by atoms with Gasteiger partial charge >= 0.3 is 0 Å². The van der Waals surface area contributed by atoms with Gasteiger partial charge in [0.1, 0.15) is 0 Å². The van der Waals surface area contributed by atoms with E-state index < -0.39 is 0 Å². The fraction of sp³-hybridized carbons (Fsp3) is 1.00. The third-order valence-corrected chi connectivity index (χ3v) is 2.88. The molecule has 0 amide bonds. The summed E-state index contributed by atoms with van der Waals surface area (Å²) in [6, 6.07) is 0. The maximum Gasteiger partial charge on any atom is 0.0156 e. The van der Waals surface area contributed by atoms with Crippen molar-refractivity contribution in [2.75, 3.05) is 19.6 Å². The first kappa shape index (κ1) is 6.99. The lowest BCUT2D eigenvalue weighted by molar-refractivity contribution is 0.325. The molecule has 0 aromatic heterocycles. The molecule has 1 atom stereocenters. The van der Waals surface area contributed by atoms with Crippen LogP contribution in [-0.2, 0) is 0 Å². The normalized spacial score (nSPS) is 35.1. The van der Waals surface area contributed by atoms with Gasteiger partial charge < -0.3 is 4.90 Å². The molecule has 10 heavy (non-hydrogen) atoms. The molecule has 2 heteroatoms. The van der Waals surface area contributed by atoms with E-state index in [9.17, 15) is 0 Å². The van der Waals surface area contributed by atoms with Crippen molar-refractivity contribution in [3.8, 4) is 0 Å². The van der Waals surface area contributed by atoms with Gasteiger partial charge in [-0.2, -0.15) is 12.6 Å². The minimum absolute atomic E-state index is 0.666. The molecule has 0 aromatic rings. The van der Waals surface area contributed by atoms with Crippen molar-refractivity contribution in [2.24, 2.45) is 5.92 Å². The zero-order chi connectivity index (χ0) is 6.97. The molecule has 2 aliphatic rings. The molecule has 1 nitrogen and oxygen atoms in total. The molecule has 0 bridgehead atoms. The van der Waals surface area contributed by atoms with Crippen LogP contribution in [0.1, 0.15) is 19.3 Å². The summed E-state index contributed by atoms with van der Waals surface area (Å²) in [6.45, 7) is 3.89. The Morgan fingerprint density at radius 3 is 2.60 bits per heavy atom. The van der Waals surface area contributed by atoms with Crippen LogP contribution < -0.4 is 0 Å². The smallest absolute Gasteiger partial charge is 0.0156 e. The second-order valence-electron chi connectivity index (χ2n) is 3.65. The summed E-state index contributed by atoms with van der Waals surface area (Å²) in [6.07, 6.45) is 4.26. The van der Waals surface area contributed by atoms with E-state index in [0.717, 1.165) is 5.92 Å². The van der Waals surface area contributed by atoms with Gasteiger partial charge in [0, 0.05) is 18.3 Å². The molecule has 1 saturated heterocycles. The molecule has 58 valence electrons. The summed E-state index contributed by atoms with van der Waals surface area (Å²) in [7, 11) is 0. The predicted molar refractivity (Wildman–Crippen MR) is 46.6 cm³/mol. The molecule has 0 spiro atoms. The Labute approximate surface area is 68.2 Å². The van der Waals surface area contributed by atoms with E-state index >= 15 is 0 Å². The van der Waals surface area contributed by atoms with Crippen LogP contribution in [0.5, 0.6) is 0 Å². The minimum atomic E-state index is 0.666. The molecule has 2 rings (SSSR count). The van der Waals surface area contributed by atoms with E-state index in [4.69, 9.17) is 0 Å². The number of thiol groups is 1. The summed E-state index contributed by atoms with van der Waals surface area (Å²) >= 11 is 4.45.